The molecular weight excluding hydrogens is 336 g/mol. The third kappa shape index (κ3) is 6.65. The second kappa shape index (κ2) is 10.5. The van der Waals surface area contributed by atoms with E-state index in [0.29, 0.717) is 13.2 Å². The summed E-state index contributed by atoms with van der Waals surface area (Å²) in [6, 6.07) is 18.8. The molecule has 3 rings (SSSR count). The van der Waals surface area contributed by atoms with Crippen LogP contribution in [0.3, 0.4) is 0 Å². The smallest absolute Gasteiger partial charge is 0.119 e. The van der Waals surface area contributed by atoms with E-state index in [4.69, 9.17) is 4.74 Å². The molecule has 27 heavy (non-hydrogen) atoms. The molecule has 0 unspecified atom stereocenters. The number of nitrogens with zero attached hydrogens (tertiary/aromatic N) is 2. The Morgan fingerprint density at radius 1 is 0.889 bits per heavy atom. The average Bonchev–Trinajstić information content (AvgIpc) is 2.70. The fraction of sp³-hybridized carbons (Fsp3) is 0.478. The zero-order chi connectivity index (χ0) is 18.9. The molecule has 146 valence electrons. The third-order valence-corrected chi connectivity index (χ3v) is 5.09. The summed E-state index contributed by atoms with van der Waals surface area (Å²) in [6.45, 7) is 8.29. The molecule has 1 aliphatic rings. The molecule has 1 heterocycles. The van der Waals surface area contributed by atoms with Gasteiger partial charge >= 0.3 is 0 Å². The highest BCUT2D eigenvalue weighted by Gasteiger charge is 2.19. The first-order valence-electron chi connectivity index (χ1n) is 10.1. The van der Waals surface area contributed by atoms with E-state index >= 15 is 0 Å². The summed E-state index contributed by atoms with van der Waals surface area (Å²) in [7, 11) is 0. The van der Waals surface area contributed by atoms with Gasteiger partial charge in [0, 0.05) is 39.3 Å². The summed E-state index contributed by atoms with van der Waals surface area (Å²) in [5, 5.41) is 10.3. The number of aryl methyl sites for hydroxylation is 1. The Balaban J connectivity index is 1.34. The molecule has 0 spiro atoms. The number of ether oxygens (including phenoxy) is 1. The first-order valence-corrected chi connectivity index (χ1v) is 10.1. The van der Waals surface area contributed by atoms with E-state index in [1.54, 1.807) is 0 Å². The molecule has 0 bridgehead atoms. The zero-order valence-corrected chi connectivity index (χ0v) is 16.4. The van der Waals surface area contributed by atoms with Gasteiger partial charge in [-0.1, -0.05) is 55.8 Å². The lowest BCUT2D eigenvalue weighted by atomic mass is 10.1. The molecule has 2 aromatic carbocycles. The van der Waals surface area contributed by atoms with Gasteiger partial charge in [-0.3, -0.25) is 9.80 Å². The molecule has 2 aromatic rings. The van der Waals surface area contributed by atoms with E-state index in [0.717, 1.165) is 51.3 Å². The molecule has 0 saturated carbocycles. The minimum absolute atomic E-state index is 0.345. The van der Waals surface area contributed by atoms with Crippen molar-refractivity contribution in [3.8, 4) is 5.75 Å². The SMILES string of the molecule is CCCc1ccc(OC[C@H](O)CN2CCN(Cc3ccccc3)CC2)cc1. The number of hydrogen-bond donors (Lipinski definition) is 1. The maximum absolute atomic E-state index is 10.3. The predicted molar refractivity (Wildman–Crippen MR) is 110 cm³/mol. The number of rotatable bonds is 9. The second-order valence-electron chi connectivity index (χ2n) is 7.42. The first-order chi connectivity index (χ1) is 13.2. The van der Waals surface area contributed by atoms with Crippen molar-refractivity contribution in [2.24, 2.45) is 0 Å². The van der Waals surface area contributed by atoms with E-state index in [9.17, 15) is 5.11 Å². The molecule has 4 nitrogen and oxygen atoms in total. The van der Waals surface area contributed by atoms with Gasteiger partial charge in [0.05, 0.1) is 0 Å². The maximum Gasteiger partial charge on any atom is 0.119 e. The number of benzene rings is 2. The lowest BCUT2D eigenvalue weighted by molar-refractivity contribution is 0.0446. The van der Waals surface area contributed by atoms with Crippen LogP contribution in [0.5, 0.6) is 5.75 Å². The molecule has 0 amide bonds. The summed E-state index contributed by atoms with van der Waals surface area (Å²) in [4.78, 5) is 4.81. The number of β-amino-alcohol motifs (C(OH)–C–C–N with tert-alkyl or cyclic N) is 1. The van der Waals surface area contributed by atoms with E-state index in [1.165, 1.54) is 11.1 Å². The quantitative estimate of drug-likeness (QED) is 0.737. The molecule has 1 saturated heterocycles. The van der Waals surface area contributed by atoms with Gasteiger partial charge in [0.25, 0.3) is 0 Å². The molecule has 0 radical (unpaired) electrons. The molecule has 0 aromatic heterocycles. The van der Waals surface area contributed by atoms with Gasteiger partial charge in [0.15, 0.2) is 0 Å². The highest BCUT2D eigenvalue weighted by molar-refractivity contribution is 5.27. The fourth-order valence-electron chi connectivity index (χ4n) is 3.56. The van der Waals surface area contributed by atoms with Crippen LogP contribution in [0.15, 0.2) is 54.6 Å². The summed E-state index contributed by atoms with van der Waals surface area (Å²) >= 11 is 0. The Bertz CT molecular complexity index is 652. The van der Waals surface area contributed by atoms with Crippen LogP contribution in [0.2, 0.25) is 0 Å². The van der Waals surface area contributed by atoms with Crippen LogP contribution in [0.1, 0.15) is 24.5 Å². The van der Waals surface area contributed by atoms with Crippen molar-refractivity contribution in [1.29, 1.82) is 0 Å². The van der Waals surface area contributed by atoms with E-state index in [-0.39, 0.29) is 0 Å². The molecule has 1 aliphatic heterocycles. The molecule has 1 fully saturated rings. The monoisotopic (exact) mass is 368 g/mol. The van der Waals surface area contributed by atoms with Gasteiger partial charge in [-0.2, -0.15) is 0 Å². The van der Waals surface area contributed by atoms with Crippen LogP contribution in [0.25, 0.3) is 0 Å². The van der Waals surface area contributed by atoms with Crippen LogP contribution in [-0.4, -0.2) is 60.3 Å². The van der Waals surface area contributed by atoms with E-state index in [1.807, 2.05) is 12.1 Å². The van der Waals surface area contributed by atoms with Gasteiger partial charge in [0.1, 0.15) is 18.5 Å². The van der Waals surface area contributed by atoms with Crippen LogP contribution < -0.4 is 4.74 Å². The van der Waals surface area contributed by atoms with Gasteiger partial charge in [-0.15, -0.1) is 0 Å². The van der Waals surface area contributed by atoms with Crippen molar-refractivity contribution in [2.45, 2.75) is 32.4 Å². The standard InChI is InChI=1S/C23H32N2O2/c1-2-6-20-9-11-23(12-10-20)27-19-22(26)18-25-15-13-24(14-16-25)17-21-7-4-3-5-8-21/h3-5,7-12,22,26H,2,6,13-19H2,1H3/t22-/m1/s1. The highest BCUT2D eigenvalue weighted by atomic mass is 16.5. The maximum atomic E-state index is 10.3. The minimum atomic E-state index is -0.457. The summed E-state index contributed by atoms with van der Waals surface area (Å²) < 4.78 is 5.76. The molecule has 1 N–H and O–H groups in total. The zero-order valence-electron chi connectivity index (χ0n) is 16.4. The first kappa shape index (κ1) is 19.9. The third-order valence-electron chi connectivity index (χ3n) is 5.09. The largest absolute Gasteiger partial charge is 0.491 e. The second-order valence-corrected chi connectivity index (χ2v) is 7.42. The van der Waals surface area contributed by atoms with Crippen LogP contribution in [0.4, 0.5) is 0 Å². The number of aliphatic hydroxyl groups excluding tert-OH is 1. The number of hydrogen-bond acceptors (Lipinski definition) is 4. The molecular formula is C23H32N2O2. The lowest BCUT2D eigenvalue weighted by Crippen LogP contribution is -2.48. The van der Waals surface area contributed by atoms with Crippen LogP contribution in [-0.2, 0) is 13.0 Å². The Labute approximate surface area is 163 Å². The molecule has 0 aliphatic carbocycles. The predicted octanol–water partition coefficient (Wildman–Crippen LogP) is 3.20. The Hall–Kier alpha value is -1.88. The van der Waals surface area contributed by atoms with Crippen molar-refractivity contribution in [2.75, 3.05) is 39.3 Å². The fourth-order valence-corrected chi connectivity index (χ4v) is 3.56. The van der Waals surface area contributed by atoms with Gasteiger partial charge in [0.2, 0.25) is 0 Å². The van der Waals surface area contributed by atoms with Crippen molar-refractivity contribution in [1.82, 2.24) is 9.80 Å². The van der Waals surface area contributed by atoms with Crippen molar-refractivity contribution in [3.05, 3.63) is 65.7 Å². The lowest BCUT2D eigenvalue weighted by Gasteiger charge is -2.35. The normalized spacial score (nSPS) is 17.0. The molecule has 4 heteroatoms. The number of piperazine rings is 1. The Morgan fingerprint density at radius 3 is 2.22 bits per heavy atom. The summed E-state index contributed by atoms with van der Waals surface area (Å²) in [5.74, 6) is 0.835. The number of aliphatic hydroxyl groups is 1. The van der Waals surface area contributed by atoms with Gasteiger partial charge in [-0.25, -0.2) is 0 Å². The van der Waals surface area contributed by atoms with Crippen LogP contribution in [0, 0.1) is 0 Å². The highest BCUT2D eigenvalue weighted by Crippen LogP contribution is 2.14. The van der Waals surface area contributed by atoms with Crippen molar-refractivity contribution >= 4 is 0 Å². The minimum Gasteiger partial charge on any atom is -0.491 e. The average molecular weight is 369 g/mol. The molecule has 1 atom stereocenters. The van der Waals surface area contributed by atoms with Gasteiger partial charge < -0.3 is 9.84 Å². The Morgan fingerprint density at radius 2 is 1.56 bits per heavy atom. The van der Waals surface area contributed by atoms with Crippen LogP contribution >= 0.6 is 0 Å². The summed E-state index contributed by atoms with van der Waals surface area (Å²) in [5.41, 5.74) is 2.70. The summed E-state index contributed by atoms with van der Waals surface area (Å²) in [6.07, 6.45) is 1.79. The topological polar surface area (TPSA) is 35.9 Å². The van der Waals surface area contributed by atoms with Crippen molar-refractivity contribution in [3.63, 3.8) is 0 Å². The van der Waals surface area contributed by atoms with E-state index in [2.05, 4.69) is 59.2 Å². The van der Waals surface area contributed by atoms with Gasteiger partial charge in [-0.05, 0) is 29.7 Å². The van der Waals surface area contributed by atoms with Crippen molar-refractivity contribution < 1.29 is 9.84 Å². The Kier molecular flexibility index (Phi) is 7.69. The van der Waals surface area contributed by atoms with E-state index < -0.39 is 6.10 Å².